The smallest absolute Gasteiger partial charge is 0.133 e. The van der Waals surface area contributed by atoms with Gasteiger partial charge >= 0.3 is 0 Å². The van der Waals surface area contributed by atoms with E-state index in [1.807, 2.05) is 6.07 Å². The van der Waals surface area contributed by atoms with Crippen molar-refractivity contribution in [2.24, 2.45) is 0 Å². The summed E-state index contributed by atoms with van der Waals surface area (Å²) in [6.45, 7) is 0.556. The van der Waals surface area contributed by atoms with Crippen LogP contribution < -0.4 is 5.32 Å². The van der Waals surface area contributed by atoms with Gasteiger partial charge in [-0.05, 0) is 73.8 Å². The molecule has 5 rings (SSSR count). The maximum Gasteiger partial charge on any atom is 0.133 e. The summed E-state index contributed by atoms with van der Waals surface area (Å²) in [5.41, 5.74) is 4.53. The van der Waals surface area contributed by atoms with Crippen LogP contribution >= 0.6 is 45.2 Å². The van der Waals surface area contributed by atoms with Crippen LogP contribution in [0.15, 0.2) is 103 Å². The van der Waals surface area contributed by atoms with E-state index in [0.717, 1.165) is 12.7 Å². The third kappa shape index (κ3) is 4.87. The summed E-state index contributed by atoms with van der Waals surface area (Å²) in [5.74, 6) is 0.398. The minimum absolute atomic E-state index is 0.0133. The van der Waals surface area contributed by atoms with E-state index in [9.17, 15) is 5.11 Å². The molecule has 1 heterocycles. The quantitative estimate of drug-likeness (QED) is 0.155. The summed E-state index contributed by atoms with van der Waals surface area (Å²) in [7, 11) is 0. The number of rotatable bonds is 7. The number of aromatic amines is 1. The maximum absolute atomic E-state index is 10.7. The second kappa shape index (κ2) is 10.5. The molecule has 0 aliphatic carbocycles. The first-order valence-corrected chi connectivity index (χ1v) is 13.3. The fourth-order valence-electron chi connectivity index (χ4n) is 4.61. The van der Waals surface area contributed by atoms with Gasteiger partial charge in [0.2, 0.25) is 0 Å². The number of phenols is 1. The van der Waals surface area contributed by atoms with E-state index in [2.05, 4.69) is 153 Å². The Labute approximate surface area is 226 Å². The number of hydrogen-bond acceptors (Lipinski definition) is 2. The minimum Gasteiger partial charge on any atom is -0.507 e. The van der Waals surface area contributed by atoms with Gasteiger partial charge in [0.15, 0.2) is 0 Å². The zero-order valence-electron chi connectivity index (χ0n) is 18.4. The highest BCUT2D eigenvalue weighted by molar-refractivity contribution is 14.1. The molecule has 0 amide bonds. The van der Waals surface area contributed by atoms with Crippen molar-refractivity contribution in [3.63, 3.8) is 0 Å². The van der Waals surface area contributed by atoms with Gasteiger partial charge in [0.1, 0.15) is 5.75 Å². The van der Waals surface area contributed by atoms with Crippen LogP contribution in [0.5, 0.6) is 5.75 Å². The summed E-state index contributed by atoms with van der Waals surface area (Å²) >= 11 is 4.51. The van der Waals surface area contributed by atoms with Gasteiger partial charge in [-0.25, -0.2) is 0 Å². The molecule has 2 atom stereocenters. The van der Waals surface area contributed by atoms with Crippen LogP contribution in [0.25, 0.3) is 10.8 Å². The molecule has 34 heavy (non-hydrogen) atoms. The topological polar surface area (TPSA) is 48.0 Å². The number of hydrogen-bond donors (Lipinski definition) is 3. The molecule has 170 valence electrons. The Hall–Kier alpha value is -2.36. The molecule has 2 unspecified atom stereocenters. The molecular formula is C29H24I2N2O. The highest BCUT2D eigenvalue weighted by Gasteiger charge is 2.29. The van der Waals surface area contributed by atoms with Crippen molar-refractivity contribution in [2.45, 2.75) is 18.5 Å². The zero-order valence-corrected chi connectivity index (χ0v) is 22.7. The van der Waals surface area contributed by atoms with Crippen LogP contribution in [-0.4, -0.2) is 10.1 Å². The predicted molar refractivity (Wildman–Crippen MR) is 156 cm³/mol. The Morgan fingerprint density at radius 3 is 2.18 bits per heavy atom. The number of benzene rings is 4. The second-order valence-corrected chi connectivity index (χ2v) is 10.8. The first-order valence-electron chi connectivity index (χ1n) is 11.2. The van der Waals surface area contributed by atoms with Crippen LogP contribution in [0, 0.1) is 7.14 Å². The van der Waals surface area contributed by atoms with Gasteiger partial charge < -0.3 is 15.4 Å². The first-order chi connectivity index (χ1) is 16.6. The number of aromatic hydroxyl groups is 1. The molecule has 0 spiro atoms. The van der Waals surface area contributed by atoms with Crippen molar-refractivity contribution in [2.75, 3.05) is 0 Å². The van der Waals surface area contributed by atoms with Crippen LogP contribution in [0.3, 0.4) is 0 Å². The van der Waals surface area contributed by atoms with Crippen molar-refractivity contribution < 1.29 is 5.11 Å². The van der Waals surface area contributed by atoms with Gasteiger partial charge in [-0.15, -0.1) is 0 Å². The molecule has 0 aliphatic heterocycles. The third-order valence-electron chi connectivity index (χ3n) is 6.22. The Balaban J connectivity index is 1.63. The van der Waals surface area contributed by atoms with Crippen molar-refractivity contribution in [3.8, 4) is 5.75 Å². The third-order valence-corrected chi connectivity index (χ3v) is 7.66. The van der Waals surface area contributed by atoms with E-state index in [1.54, 1.807) is 0 Å². The molecule has 3 nitrogen and oxygen atoms in total. The van der Waals surface area contributed by atoms with Crippen molar-refractivity contribution in [3.05, 3.63) is 133 Å². The van der Waals surface area contributed by atoms with E-state index in [0.29, 0.717) is 12.3 Å². The Bertz CT molecular complexity index is 1400. The first kappa shape index (κ1) is 23.4. The van der Waals surface area contributed by atoms with Crippen molar-refractivity contribution in [1.29, 1.82) is 0 Å². The second-order valence-electron chi connectivity index (χ2n) is 8.34. The van der Waals surface area contributed by atoms with Gasteiger partial charge in [-0.1, -0.05) is 84.9 Å². The number of nitrogens with one attached hydrogen (secondary N) is 2. The average Bonchev–Trinajstić information content (AvgIpc) is 3.29. The lowest BCUT2D eigenvalue weighted by molar-refractivity contribution is 0.443. The van der Waals surface area contributed by atoms with Crippen LogP contribution in [0.2, 0.25) is 0 Å². The molecule has 1 aromatic heterocycles. The van der Waals surface area contributed by atoms with Gasteiger partial charge in [-0.2, -0.15) is 0 Å². The number of H-pyrrole nitrogens is 1. The Morgan fingerprint density at radius 1 is 0.794 bits per heavy atom. The number of aromatic nitrogens is 1. The lowest BCUT2D eigenvalue weighted by atomic mass is 9.83. The van der Waals surface area contributed by atoms with E-state index in [1.165, 1.54) is 27.6 Å². The van der Waals surface area contributed by atoms with Gasteiger partial charge in [0, 0.05) is 44.9 Å². The summed E-state index contributed by atoms with van der Waals surface area (Å²) in [5, 5.41) is 17.0. The number of phenolic OH excluding ortho intramolecular Hbond substituents is 1. The van der Waals surface area contributed by atoms with Crippen LogP contribution in [-0.2, 0) is 6.54 Å². The highest BCUT2D eigenvalue weighted by atomic mass is 127. The standard InChI is InChI=1S/C29H24I2N2O/c30-23-15-22(29(34)25(31)16-23)18-32-27(20-11-5-2-6-12-20)26(19-9-3-1-4-10-19)28-24-14-8-7-13-21(24)17-33-28/h1-17,26-27,32-34H,18H2. The molecule has 3 N–H and O–H groups in total. The summed E-state index contributed by atoms with van der Waals surface area (Å²) < 4.78 is 1.98. The minimum atomic E-state index is -0.0133. The zero-order chi connectivity index (χ0) is 23.5. The number of halogens is 2. The van der Waals surface area contributed by atoms with Crippen LogP contribution in [0.4, 0.5) is 0 Å². The molecule has 0 fully saturated rings. The molecular weight excluding hydrogens is 646 g/mol. The summed E-state index contributed by atoms with van der Waals surface area (Å²) in [6.07, 6.45) is 2.09. The molecule has 0 aliphatic rings. The highest BCUT2D eigenvalue weighted by Crippen LogP contribution is 2.40. The molecule has 4 aromatic carbocycles. The fourth-order valence-corrected chi connectivity index (χ4v) is 6.57. The lowest BCUT2D eigenvalue weighted by Gasteiger charge is -2.29. The molecule has 5 aromatic rings. The Kier molecular flexibility index (Phi) is 7.22. The van der Waals surface area contributed by atoms with Crippen LogP contribution in [0.1, 0.15) is 34.3 Å². The monoisotopic (exact) mass is 670 g/mol. The molecule has 0 saturated heterocycles. The molecule has 0 saturated carbocycles. The molecule has 5 heteroatoms. The fraction of sp³-hybridized carbons (Fsp3) is 0.103. The van der Waals surface area contributed by atoms with Crippen molar-refractivity contribution in [1.82, 2.24) is 10.3 Å². The van der Waals surface area contributed by atoms with Gasteiger partial charge in [-0.3, -0.25) is 0 Å². The molecule has 0 bridgehead atoms. The SMILES string of the molecule is Oc1c(I)cc(I)cc1CNC(c1ccccc1)C(c1ccccc1)c1[nH]cc2ccccc12. The molecule has 0 radical (unpaired) electrons. The van der Waals surface area contributed by atoms with Gasteiger partial charge in [0.05, 0.1) is 3.57 Å². The summed E-state index contributed by atoms with van der Waals surface area (Å²) in [4.78, 5) is 3.60. The summed E-state index contributed by atoms with van der Waals surface area (Å²) in [6, 6.07) is 33.8. The van der Waals surface area contributed by atoms with E-state index < -0.39 is 0 Å². The predicted octanol–water partition coefficient (Wildman–Crippen LogP) is 7.75. The van der Waals surface area contributed by atoms with E-state index in [4.69, 9.17) is 0 Å². The average molecular weight is 670 g/mol. The maximum atomic E-state index is 10.7. The normalized spacial score (nSPS) is 13.1. The number of fused-ring (bicyclic) bond motifs is 1. The lowest BCUT2D eigenvalue weighted by Crippen LogP contribution is -2.28. The van der Waals surface area contributed by atoms with Crippen molar-refractivity contribution >= 4 is 56.0 Å². The van der Waals surface area contributed by atoms with Gasteiger partial charge in [0.25, 0.3) is 0 Å². The Morgan fingerprint density at radius 2 is 1.44 bits per heavy atom. The van der Waals surface area contributed by atoms with E-state index >= 15 is 0 Å². The van der Waals surface area contributed by atoms with E-state index in [-0.39, 0.29) is 12.0 Å². The largest absolute Gasteiger partial charge is 0.507 e.